The van der Waals surface area contributed by atoms with Crippen molar-refractivity contribution in [1.82, 2.24) is 15.6 Å². The third kappa shape index (κ3) is 6.80. The van der Waals surface area contributed by atoms with Gasteiger partial charge in [-0.25, -0.2) is 4.98 Å². The molecule has 162 valence electrons. The lowest BCUT2D eigenvalue weighted by Gasteiger charge is -2.16. The molecule has 0 unspecified atom stereocenters. The molecule has 0 fully saturated rings. The molecule has 2 rings (SSSR count). The topological polar surface area (TPSA) is 77.0 Å². The Kier molecular flexibility index (Phi) is 9.76. The number of nitrogens with one attached hydrogen (secondary N) is 2. The summed E-state index contributed by atoms with van der Waals surface area (Å²) in [5.74, 6) is 2.08. The maximum absolute atomic E-state index is 12.6. The Labute approximate surface area is 187 Å². The lowest BCUT2D eigenvalue weighted by Crippen LogP contribution is -2.36. The summed E-state index contributed by atoms with van der Waals surface area (Å²) in [6, 6.07) is 3.48. The molecule has 1 heterocycles. The minimum Gasteiger partial charge on any atom is -0.496 e. The molecule has 0 amide bonds. The minimum atomic E-state index is -4.45. The van der Waals surface area contributed by atoms with Crippen LogP contribution < -0.4 is 24.8 Å². The number of thiazole rings is 1. The zero-order chi connectivity index (χ0) is 20.7. The zero-order valence-electron chi connectivity index (χ0n) is 16.2. The smallest absolute Gasteiger partial charge is 0.434 e. The Morgan fingerprint density at radius 1 is 1.03 bits per heavy atom. The van der Waals surface area contributed by atoms with Crippen molar-refractivity contribution in [2.75, 3.05) is 28.4 Å². The van der Waals surface area contributed by atoms with E-state index in [1.807, 2.05) is 0 Å². The maximum atomic E-state index is 12.6. The highest BCUT2D eigenvalue weighted by atomic mass is 127. The molecule has 2 N–H and O–H groups in total. The number of ether oxygens (including phenoxy) is 3. The van der Waals surface area contributed by atoms with E-state index in [4.69, 9.17) is 14.2 Å². The largest absolute Gasteiger partial charge is 0.496 e. The number of alkyl halides is 3. The van der Waals surface area contributed by atoms with Gasteiger partial charge in [0.05, 0.1) is 27.9 Å². The van der Waals surface area contributed by atoms with E-state index in [1.165, 1.54) is 14.2 Å². The van der Waals surface area contributed by atoms with Crippen LogP contribution in [0.5, 0.6) is 17.2 Å². The molecular weight excluding hydrogens is 524 g/mol. The number of rotatable bonds is 7. The highest BCUT2D eigenvalue weighted by molar-refractivity contribution is 14.0. The van der Waals surface area contributed by atoms with Gasteiger partial charge in [-0.15, -0.1) is 35.3 Å². The number of nitrogens with zero attached hydrogens (tertiary/aromatic N) is 2. The predicted octanol–water partition coefficient (Wildman–Crippen LogP) is 3.67. The average Bonchev–Trinajstić information content (AvgIpc) is 3.17. The molecule has 0 saturated carbocycles. The first-order chi connectivity index (χ1) is 13.3. The van der Waals surface area contributed by atoms with Crippen LogP contribution >= 0.6 is 35.3 Å². The third-order valence-corrected chi connectivity index (χ3v) is 4.55. The average molecular weight is 546 g/mol. The molecule has 0 aliphatic heterocycles. The fourth-order valence-electron chi connectivity index (χ4n) is 2.31. The van der Waals surface area contributed by atoms with E-state index in [-0.39, 0.29) is 30.5 Å². The first-order valence-corrected chi connectivity index (χ1v) is 8.95. The fraction of sp³-hybridized carbons (Fsp3) is 0.412. The number of halogens is 4. The van der Waals surface area contributed by atoms with Gasteiger partial charge in [0.25, 0.3) is 0 Å². The normalized spacial score (nSPS) is 11.5. The summed E-state index contributed by atoms with van der Waals surface area (Å²) in [6.45, 7) is 0.457. The molecule has 0 atom stereocenters. The van der Waals surface area contributed by atoms with Gasteiger partial charge in [-0.05, 0) is 6.07 Å². The molecule has 0 aliphatic rings. The van der Waals surface area contributed by atoms with Crippen LogP contribution in [0.25, 0.3) is 0 Å². The second kappa shape index (κ2) is 11.3. The lowest BCUT2D eigenvalue weighted by atomic mass is 10.1. The lowest BCUT2D eigenvalue weighted by molar-refractivity contribution is -0.140. The van der Waals surface area contributed by atoms with E-state index in [9.17, 15) is 13.2 Å². The second-order valence-electron chi connectivity index (χ2n) is 5.42. The number of aromatic nitrogens is 1. The van der Waals surface area contributed by atoms with Crippen molar-refractivity contribution < 1.29 is 27.4 Å². The van der Waals surface area contributed by atoms with Crippen molar-refractivity contribution in [2.24, 2.45) is 4.99 Å². The first kappa shape index (κ1) is 25.1. The summed E-state index contributed by atoms with van der Waals surface area (Å²) < 4.78 is 53.8. The number of benzene rings is 1. The molecule has 7 nitrogen and oxygen atoms in total. The van der Waals surface area contributed by atoms with E-state index in [1.54, 1.807) is 26.3 Å². The van der Waals surface area contributed by atoms with E-state index < -0.39 is 11.9 Å². The number of guanidine groups is 1. The van der Waals surface area contributed by atoms with Crippen molar-refractivity contribution in [1.29, 1.82) is 0 Å². The van der Waals surface area contributed by atoms with Crippen molar-refractivity contribution in [3.05, 3.63) is 33.8 Å². The Morgan fingerprint density at radius 2 is 1.62 bits per heavy atom. The number of hydrogen-bond acceptors (Lipinski definition) is 6. The Hall–Kier alpha value is -1.96. The van der Waals surface area contributed by atoms with Crippen LogP contribution in [0.1, 0.15) is 16.3 Å². The van der Waals surface area contributed by atoms with Gasteiger partial charge in [0, 0.05) is 30.6 Å². The van der Waals surface area contributed by atoms with Crippen molar-refractivity contribution in [3.8, 4) is 17.2 Å². The monoisotopic (exact) mass is 546 g/mol. The summed E-state index contributed by atoms with van der Waals surface area (Å²) in [5.41, 5.74) is -0.107. The molecule has 1 aromatic carbocycles. The van der Waals surface area contributed by atoms with Gasteiger partial charge in [-0.1, -0.05) is 0 Å². The Balaban J connectivity index is 0.00000420. The van der Waals surface area contributed by atoms with Crippen LogP contribution in [0.2, 0.25) is 0 Å². The summed E-state index contributed by atoms with van der Waals surface area (Å²) in [6.07, 6.45) is -4.45. The van der Waals surface area contributed by atoms with Gasteiger partial charge in [-0.3, -0.25) is 4.99 Å². The van der Waals surface area contributed by atoms with Crippen LogP contribution in [-0.2, 0) is 19.3 Å². The van der Waals surface area contributed by atoms with Crippen LogP contribution in [0.15, 0.2) is 22.5 Å². The number of aliphatic imine (C=N–C) groups is 1. The van der Waals surface area contributed by atoms with Gasteiger partial charge in [-0.2, -0.15) is 13.2 Å². The third-order valence-electron chi connectivity index (χ3n) is 3.71. The maximum Gasteiger partial charge on any atom is 0.434 e. The fourth-order valence-corrected chi connectivity index (χ4v) is 3.05. The molecule has 12 heteroatoms. The summed E-state index contributed by atoms with van der Waals surface area (Å²) >= 11 is 0.932. The van der Waals surface area contributed by atoms with Crippen LogP contribution in [0, 0.1) is 0 Å². The molecule has 0 saturated heterocycles. The summed E-state index contributed by atoms with van der Waals surface area (Å²) in [7, 11) is 6.16. The molecule has 0 bridgehead atoms. The van der Waals surface area contributed by atoms with E-state index in [0.29, 0.717) is 34.8 Å². The van der Waals surface area contributed by atoms with Gasteiger partial charge in [0.2, 0.25) is 0 Å². The molecular formula is C17H22F3IN4O3S. The molecule has 0 radical (unpaired) electrons. The van der Waals surface area contributed by atoms with E-state index in [0.717, 1.165) is 22.3 Å². The van der Waals surface area contributed by atoms with Crippen molar-refractivity contribution in [3.63, 3.8) is 0 Å². The highest BCUT2D eigenvalue weighted by Gasteiger charge is 2.33. The van der Waals surface area contributed by atoms with E-state index in [2.05, 4.69) is 20.6 Å². The zero-order valence-corrected chi connectivity index (χ0v) is 19.4. The number of methoxy groups -OCH3 is 3. The van der Waals surface area contributed by atoms with Gasteiger partial charge in [0.1, 0.15) is 10.8 Å². The minimum absolute atomic E-state index is 0. The number of hydrogen-bond donors (Lipinski definition) is 2. The molecule has 2 aromatic rings. The predicted molar refractivity (Wildman–Crippen MR) is 116 cm³/mol. The van der Waals surface area contributed by atoms with E-state index >= 15 is 0 Å². The van der Waals surface area contributed by atoms with Gasteiger partial charge < -0.3 is 24.8 Å². The van der Waals surface area contributed by atoms with Crippen LogP contribution in [0.3, 0.4) is 0 Å². The quantitative estimate of drug-likeness (QED) is 0.314. The Morgan fingerprint density at radius 3 is 2.14 bits per heavy atom. The van der Waals surface area contributed by atoms with Crippen LogP contribution in [0.4, 0.5) is 13.2 Å². The summed E-state index contributed by atoms with van der Waals surface area (Å²) in [5, 5.41) is 7.30. The van der Waals surface area contributed by atoms with Crippen molar-refractivity contribution >= 4 is 41.3 Å². The second-order valence-corrected chi connectivity index (χ2v) is 6.37. The Bertz CT molecular complexity index is 831. The summed E-state index contributed by atoms with van der Waals surface area (Å²) in [4.78, 5) is 7.63. The highest BCUT2D eigenvalue weighted by Crippen LogP contribution is 2.34. The SMILES string of the molecule is CN=C(NCc1nc(C(F)(F)F)cs1)NCc1cc(OC)c(OC)cc1OC.I. The van der Waals surface area contributed by atoms with Gasteiger partial charge in [0.15, 0.2) is 23.2 Å². The molecule has 0 spiro atoms. The van der Waals surface area contributed by atoms with Gasteiger partial charge >= 0.3 is 6.18 Å². The first-order valence-electron chi connectivity index (χ1n) is 8.07. The molecule has 0 aliphatic carbocycles. The molecule has 29 heavy (non-hydrogen) atoms. The molecule has 1 aromatic heterocycles. The standard InChI is InChI=1S/C17H21F3N4O3S.HI/c1-21-16(23-8-15-24-14(9-28-15)17(18,19)20)22-7-10-5-12(26-3)13(27-4)6-11(10)25-2;/h5-6,9H,7-8H2,1-4H3,(H2,21,22,23);1H. The van der Waals surface area contributed by atoms with Crippen molar-refractivity contribution in [2.45, 2.75) is 19.3 Å². The van der Waals surface area contributed by atoms with Crippen LogP contribution in [-0.4, -0.2) is 39.3 Å².